The number of benzene rings is 1. The molecule has 5 heteroatoms. The van der Waals surface area contributed by atoms with Gasteiger partial charge in [0.2, 0.25) is 5.91 Å². The van der Waals surface area contributed by atoms with E-state index < -0.39 is 0 Å². The summed E-state index contributed by atoms with van der Waals surface area (Å²) in [5.74, 6) is -0.00745. The molecule has 110 valence electrons. The van der Waals surface area contributed by atoms with Gasteiger partial charge in [-0.3, -0.25) is 4.79 Å². The average molecular weight is 302 g/mol. The minimum Gasteiger partial charge on any atom is -0.371 e. The highest BCUT2D eigenvalue weighted by molar-refractivity contribution is 7.09. The van der Waals surface area contributed by atoms with Crippen molar-refractivity contribution in [3.8, 4) is 0 Å². The molecule has 2 heterocycles. The molecule has 1 aromatic carbocycles. The Morgan fingerprint density at radius 2 is 2.33 bits per heavy atom. The number of fused-ring (bicyclic) bond motifs is 1. The summed E-state index contributed by atoms with van der Waals surface area (Å²) in [6.45, 7) is 3.17. The number of aryl methyl sites for hydroxylation is 1. The van der Waals surface area contributed by atoms with Gasteiger partial charge in [-0.05, 0) is 24.5 Å². The van der Waals surface area contributed by atoms with Crippen LogP contribution < -0.4 is 5.32 Å². The molecule has 4 nitrogen and oxygen atoms in total. The summed E-state index contributed by atoms with van der Waals surface area (Å²) >= 11 is 1.57. The number of aromatic nitrogens is 1. The Hall–Kier alpha value is -1.72. The second-order valence-corrected chi connectivity index (χ2v) is 6.21. The molecule has 0 spiro atoms. The van der Waals surface area contributed by atoms with Crippen LogP contribution in [0.1, 0.15) is 27.9 Å². The third kappa shape index (κ3) is 3.49. The molecule has 1 aromatic heterocycles. The van der Waals surface area contributed by atoms with Crippen molar-refractivity contribution >= 4 is 17.2 Å². The Labute approximate surface area is 128 Å². The fourth-order valence-electron chi connectivity index (χ4n) is 2.57. The molecule has 0 aliphatic carbocycles. The van der Waals surface area contributed by atoms with Gasteiger partial charge in [0.25, 0.3) is 0 Å². The second kappa shape index (κ2) is 6.37. The molecule has 1 N–H and O–H groups in total. The number of thiazole rings is 1. The van der Waals surface area contributed by atoms with Crippen molar-refractivity contribution in [1.82, 2.24) is 10.3 Å². The zero-order chi connectivity index (χ0) is 14.7. The maximum atomic E-state index is 12.0. The van der Waals surface area contributed by atoms with E-state index in [4.69, 9.17) is 4.74 Å². The molecule has 3 rings (SSSR count). The summed E-state index contributed by atoms with van der Waals surface area (Å²) in [4.78, 5) is 16.3. The molecule has 0 saturated carbocycles. The molecule has 0 radical (unpaired) electrons. The summed E-state index contributed by atoms with van der Waals surface area (Å²) in [5, 5.41) is 5.87. The molecule has 1 aliphatic rings. The normalized spacial score (nSPS) is 17.3. The van der Waals surface area contributed by atoms with E-state index in [1.54, 1.807) is 11.3 Å². The van der Waals surface area contributed by atoms with Crippen molar-refractivity contribution in [2.24, 2.45) is 0 Å². The van der Waals surface area contributed by atoms with Gasteiger partial charge < -0.3 is 10.1 Å². The number of carbonyl (C=O) groups excluding carboxylic acids is 1. The first-order valence-electron chi connectivity index (χ1n) is 7.09. The van der Waals surface area contributed by atoms with Gasteiger partial charge in [-0.25, -0.2) is 4.98 Å². The van der Waals surface area contributed by atoms with E-state index in [1.807, 2.05) is 24.4 Å². The molecule has 1 aliphatic heterocycles. The molecule has 0 unspecified atom stereocenters. The molecule has 1 atom stereocenters. The van der Waals surface area contributed by atoms with Gasteiger partial charge in [-0.15, -0.1) is 11.3 Å². The van der Waals surface area contributed by atoms with E-state index in [1.165, 1.54) is 11.1 Å². The van der Waals surface area contributed by atoms with Crippen LogP contribution in [-0.4, -0.2) is 24.0 Å². The minimum atomic E-state index is -0.0453. The quantitative estimate of drug-likeness (QED) is 0.943. The van der Waals surface area contributed by atoms with E-state index in [0.29, 0.717) is 19.6 Å². The summed E-state index contributed by atoms with van der Waals surface area (Å²) in [6, 6.07) is 8.27. The van der Waals surface area contributed by atoms with Crippen LogP contribution in [0.3, 0.4) is 0 Å². The fraction of sp³-hybridized carbons (Fsp3) is 0.375. The SMILES string of the molecule is Cc1nc(CC(=O)NC[C@@H]2OCCc3ccccc32)cs1. The molecular weight excluding hydrogens is 284 g/mol. The number of hydrogen-bond donors (Lipinski definition) is 1. The number of amides is 1. The van der Waals surface area contributed by atoms with Crippen molar-refractivity contribution in [2.45, 2.75) is 25.9 Å². The Morgan fingerprint density at radius 1 is 1.48 bits per heavy atom. The standard InChI is InChI=1S/C16H18N2O2S/c1-11-18-13(10-21-11)8-16(19)17-9-15-14-5-3-2-4-12(14)6-7-20-15/h2-5,10,15H,6-9H2,1H3,(H,17,19)/t15-/m0/s1. The molecule has 0 fully saturated rings. The van der Waals surface area contributed by atoms with Crippen LogP contribution in [0.5, 0.6) is 0 Å². The first-order valence-corrected chi connectivity index (χ1v) is 7.97. The van der Waals surface area contributed by atoms with Crippen molar-refractivity contribution < 1.29 is 9.53 Å². The number of hydrogen-bond acceptors (Lipinski definition) is 4. The van der Waals surface area contributed by atoms with Crippen LogP contribution in [0.2, 0.25) is 0 Å². The lowest BCUT2D eigenvalue weighted by Gasteiger charge is -2.26. The van der Waals surface area contributed by atoms with E-state index >= 15 is 0 Å². The summed E-state index contributed by atoms with van der Waals surface area (Å²) in [7, 11) is 0. The minimum absolute atomic E-state index is 0.00745. The third-order valence-electron chi connectivity index (χ3n) is 3.59. The first kappa shape index (κ1) is 14.2. The van der Waals surface area contributed by atoms with E-state index in [-0.39, 0.29) is 12.0 Å². The summed E-state index contributed by atoms with van der Waals surface area (Å²) in [5.41, 5.74) is 3.34. The van der Waals surface area contributed by atoms with E-state index in [9.17, 15) is 4.79 Å². The maximum Gasteiger partial charge on any atom is 0.226 e. The van der Waals surface area contributed by atoms with Gasteiger partial charge in [0.15, 0.2) is 0 Å². The number of carbonyl (C=O) groups is 1. The lowest BCUT2D eigenvalue weighted by atomic mass is 9.97. The molecular formula is C16H18N2O2S. The molecule has 2 aromatic rings. The number of ether oxygens (including phenoxy) is 1. The van der Waals surface area contributed by atoms with Gasteiger partial charge >= 0.3 is 0 Å². The number of rotatable bonds is 4. The van der Waals surface area contributed by atoms with E-state index in [2.05, 4.69) is 22.4 Å². The lowest BCUT2D eigenvalue weighted by molar-refractivity contribution is -0.121. The highest BCUT2D eigenvalue weighted by Gasteiger charge is 2.20. The van der Waals surface area contributed by atoms with E-state index in [0.717, 1.165) is 17.1 Å². The Kier molecular flexibility index (Phi) is 4.31. The number of nitrogens with one attached hydrogen (secondary N) is 1. The predicted octanol–water partition coefficient (Wildman–Crippen LogP) is 2.42. The smallest absolute Gasteiger partial charge is 0.226 e. The molecule has 0 bridgehead atoms. The zero-order valence-corrected chi connectivity index (χ0v) is 12.8. The first-order chi connectivity index (χ1) is 10.2. The van der Waals surface area contributed by atoms with Gasteiger partial charge in [0, 0.05) is 11.9 Å². The third-order valence-corrected chi connectivity index (χ3v) is 4.41. The van der Waals surface area contributed by atoms with Crippen LogP contribution in [0, 0.1) is 6.92 Å². The molecule has 21 heavy (non-hydrogen) atoms. The van der Waals surface area contributed by atoms with Gasteiger partial charge in [-0.2, -0.15) is 0 Å². The van der Waals surface area contributed by atoms with Gasteiger partial charge in [-0.1, -0.05) is 24.3 Å². The monoisotopic (exact) mass is 302 g/mol. The largest absolute Gasteiger partial charge is 0.371 e. The Balaban J connectivity index is 1.57. The molecule has 1 amide bonds. The van der Waals surface area contributed by atoms with Crippen molar-refractivity contribution in [3.05, 3.63) is 51.5 Å². The lowest BCUT2D eigenvalue weighted by Crippen LogP contribution is -2.32. The Bertz CT molecular complexity index is 639. The van der Waals surface area contributed by atoms with Crippen molar-refractivity contribution in [2.75, 3.05) is 13.2 Å². The van der Waals surface area contributed by atoms with Gasteiger partial charge in [0.1, 0.15) is 6.10 Å². The topological polar surface area (TPSA) is 51.2 Å². The fourth-order valence-corrected chi connectivity index (χ4v) is 3.18. The highest BCUT2D eigenvalue weighted by atomic mass is 32.1. The average Bonchev–Trinajstić information content (AvgIpc) is 2.90. The zero-order valence-electron chi connectivity index (χ0n) is 12.0. The summed E-state index contributed by atoms with van der Waals surface area (Å²) in [6.07, 6.45) is 1.23. The Morgan fingerprint density at radius 3 is 3.14 bits per heavy atom. The second-order valence-electron chi connectivity index (χ2n) is 5.15. The van der Waals surface area contributed by atoms with Gasteiger partial charge in [0.05, 0.1) is 23.7 Å². The van der Waals surface area contributed by atoms with Crippen LogP contribution >= 0.6 is 11.3 Å². The van der Waals surface area contributed by atoms with Crippen LogP contribution in [0.25, 0.3) is 0 Å². The van der Waals surface area contributed by atoms with Crippen molar-refractivity contribution in [1.29, 1.82) is 0 Å². The molecule has 0 saturated heterocycles. The highest BCUT2D eigenvalue weighted by Crippen LogP contribution is 2.26. The van der Waals surface area contributed by atoms with Crippen LogP contribution in [-0.2, 0) is 22.4 Å². The number of nitrogens with zero attached hydrogens (tertiary/aromatic N) is 1. The van der Waals surface area contributed by atoms with Crippen LogP contribution in [0.4, 0.5) is 0 Å². The van der Waals surface area contributed by atoms with Crippen molar-refractivity contribution in [3.63, 3.8) is 0 Å². The summed E-state index contributed by atoms with van der Waals surface area (Å²) < 4.78 is 5.78. The maximum absolute atomic E-state index is 12.0. The predicted molar refractivity (Wildman–Crippen MR) is 82.4 cm³/mol. The van der Waals surface area contributed by atoms with Crippen LogP contribution in [0.15, 0.2) is 29.6 Å².